The maximum atomic E-state index is 11.6. The molecular formula is C14H20N2O. The molecule has 0 bridgehead atoms. The molecule has 0 aliphatic heterocycles. The molecule has 0 spiro atoms. The molecule has 0 aromatic carbocycles. The zero-order valence-corrected chi connectivity index (χ0v) is 11.1. The fourth-order valence-electron chi connectivity index (χ4n) is 1.90. The van der Waals surface area contributed by atoms with E-state index in [0.29, 0.717) is 19.3 Å². The van der Waals surface area contributed by atoms with Crippen molar-refractivity contribution >= 4 is 5.78 Å². The molecule has 0 unspecified atom stereocenters. The number of hydrogen-bond acceptors (Lipinski definition) is 2. The third-order valence-electron chi connectivity index (χ3n) is 3.02. The quantitative estimate of drug-likeness (QED) is 0.730. The molecule has 92 valence electrons. The number of ketones is 1. The minimum atomic E-state index is 0.287. The van der Waals surface area contributed by atoms with Crippen LogP contribution >= 0.6 is 0 Å². The topological polar surface area (TPSA) is 34.9 Å². The van der Waals surface area contributed by atoms with E-state index >= 15 is 0 Å². The van der Waals surface area contributed by atoms with E-state index in [0.717, 1.165) is 17.8 Å². The van der Waals surface area contributed by atoms with Gasteiger partial charge in [0.2, 0.25) is 0 Å². The molecule has 0 atom stereocenters. The van der Waals surface area contributed by atoms with Crippen molar-refractivity contribution in [1.29, 1.82) is 0 Å². The molecule has 0 N–H and O–H groups in total. The lowest BCUT2D eigenvalue weighted by Crippen LogP contribution is -2.01. The van der Waals surface area contributed by atoms with Crippen molar-refractivity contribution in [2.45, 2.75) is 46.5 Å². The molecular weight excluding hydrogens is 212 g/mol. The summed E-state index contributed by atoms with van der Waals surface area (Å²) in [6, 6.07) is 0. The van der Waals surface area contributed by atoms with Gasteiger partial charge >= 0.3 is 0 Å². The Morgan fingerprint density at radius 2 is 2.06 bits per heavy atom. The Bertz CT molecular complexity index is 461. The second-order valence-corrected chi connectivity index (χ2v) is 4.24. The van der Waals surface area contributed by atoms with E-state index in [9.17, 15) is 4.79 Å². The number of rotatable bonds is 5. The van der Waals surface area contributed by atoms with Gasteiger partial charge in [0.15, 0.2) is 0 Å². The summed E-state index contributed by atoms with van der Waals surface area (Å²) in [5.74, 6) is 6.01. The van der Waals surface area contributed by atoms with Crippen LogP contribution in [0.1, 0.15) is 43.1 Å². The summed E-state index contributed by atoms with van der Waals surface area (Å²) in [5, 5.41) is 4.35. The standard InChI is InChI=1S/C14H20N2O/c1-5-6-7-8-13(17)9-10-14-11(2)15-16(4)12(14)3/h7-10H2,1-4H3. The van der Waals surface area contributed by atoms with Gasteiger partial charge < -0.3 is 0 Å². The predicted molar refractivity (Wildman–Crippen MR) is 68.7 cm³/mol. The van der Waals surface area contributed by atoms with Crippen LogP contribution in [0.4, 0.5) is 0 Å². The molecule has 0 amide bonds. The Morgan fingerprint density at radius 3 is 2.59 bits per heavy atom. The van der Waals surface area contributed by atoms with Crippen LogP contribution in [-0.2, 0) is 18.3 Å². The zero-order chi connectivity index (χ0) is 12.8. The Morgan fingerprint density at radius 1 is 1.35 bits per heavy atom. The SMILES string of the molecule is CC#CCCC(=O)CCc1c(C)nn(C)c1C. The number of nitrogens with zero attached hydrogens (tertiary/aromatic N) is 2. The minimum Gasteiger partial charge on any atom is -0.300 e. The monoisotopic (exact) mass is 232 g/mol. The van der Waals surface area contributed by atoms with Gasteiger partial charge in [0, 0.05) is 32.0 Å². The van der Waals surface area contributed by atoms with Crippen molar-refractivity contribution in [3.63, 3.8) is 0 Å². The van der Waals surface area contributed by atoms with Gasteiger partial charge in [-0.25, -0.2) is 0 Å². The van der Waals surface area contributed by atoms with E-state index in [4.69, 9.17) is 0 Å². The first-order valence-corrected chi connectivity index (χ1v) is 5.96. The van der Waals surface area contributed by atoms with Gasteiger partial charge in [0.1, 0.15) is 5.78 Å². The van der Waals surface area contributed by atoms with Crippen LogP contribution in [0.3, 0.4) is 0 Å². The summed E-state index contributed by atoms with van der Waals surface area (Å²) in [5.41, 5.74) is 3.40. The van der Waals surface area contributed by atoms with Crippen LogP contribution in [0, 0.1) is 25.7 Å². The normalized spacial score (nSPS) is 9.88. The highest BCUT2D eigenvalue weighted by Crippen LogP contribution is 2.14. The molecule has 17 heavy (non-hydrogen) atoms. The number of aryl methyl sites for hydroxylation is 2. The number of aromatic nitrogens is 2. The van der Waals surface area contributed by atoms with Crippen LogP contribution in [-0.4, -0.2) is 15.6 Å². The van der Waals surface area contributed by atoms with Crippen molar-refractivity contribution in [2.75, 3.05) is 0 Å². The van der Waals surface area contributed by atoms with E-state index in [-0.39, 0.29) is 5.78 Å². The Labute approximate surface area is 103 Å². The van der Waals surface area contributed by atoms with Crippen molar-refractivity contribution < 1.29 is 4.79 Å². The third-order valence-corrected chi connectivity index (χ3v) is 3.02. The summed E-state index contributed by atoms with van der Waals surface area (Å²) in [6.07, 6.45) is 2.64. The Kier molecular flexibility index (Phi) is 4.96. The number of Topliss-reactive ketones (excluding diaryl/α,β-unsaturated/α-hetero) is 1. The fourth-order valence-corrected chi connectivity index (χ4v) is 1.90. The lowest BCUT2D eigenvalue weighted by atomic mass is 10.0. The van der Waals surface area contributed by atoms with Gasteiger partial charge in [0.25, 0.3) is 0 Å². The zero-order valence-electron chi connectivity index (χ0n) is 11.1. The molecule has 0 aliphatic rings. The molecule has 1 aromatic rings. The smallest absolute Gasteiger partial charge is 0.134 e. The molecule has 0 saturated heterocycles. The van der Waals surface area contributed by atoms with Crippen molar-refractivity contribution in [3.05, 3.63) is 17.0 Å². The molecule has 0 radical (unpaired) electrons. The summed E-state index contributed by atoms with van der Waals surface area (Å²) in [6.45, 7) is 5.84. The first-order chi connectivity index (χ1) is 8.06. The van der Waals surface area contributed by atoms with Crippen LogP contribution in [0.15, 0.2) is 0 Å². The van der Waals surface area contributed by atoms with E-state index in [1.165, 1.54) is 5.56 Å². The lowest BCUT2D eigenvalue weighted by molar-refractivity contribution is -0.118. The highest BCUT2D eigenvalue weighted by Gasteiger charge is 2.10. The second kappa shape index (κ2) is 6.24. The van der Waals surface area contributed by atoms with E-state index < -0.39 is 0 Å². The van der Waals surface area contributed by atoms with E-state index in [1.54, 1.807) is 6.92 Å². The average Bonchev–Trinajstić information content (AvgIpc) is 2.51. The molecule has 3 nitrogen and oxygen atoms in total. The summed E-state index contributed by atoms with van der Waals surface area (Å²) >= 11 is 0. The van der Waals surface area contributed by atoms with Crippen molar-refractivity contribution in [1.82, 2.24) is 9.78 Å². The minimum absolute atomic E-state index is 0.287. The molecule has 1 aromatic heterocycles. The molecule has 0 fully saturated rings. The third kappa shape index (κ3) is 3.74. The maximum Gasteiger partial charge on any atom is 0.134 e. The van der Waals surface area contributed by atoms with Gasteiger partial charge in [0.05, 0.1) is 5.69 Å². The Hall–Kier alpha value is -1.56. The van der Waals surface area contributed by atoms with Gasteiger partial charge in [-0.1, -0.05) is 0 Å². The lowest BCUT2D eigenvalue weighted by Gasteiger charge is -2.01. The van der Waals surface area contributed by atoms with Gasteiger partial charge in [-0.2, -0.15) is 5.10 Å². The summed E-state index contributed by atoms with van der Waals surface area (Å²) < 4.78 is 1.87. The van der Waals surface area contributed by atoms with Gasteiger partial charge in [-0.3, -0.25) is 9.48 Å². The maximum absolute atomic E-state index is 11.6. The van der Waals surface area contributed by atoms with Crippen molar-refractivity contribution in [2.24, 2.45) is 7.05 Å². The molecule has 3 heteroatoms. The number of hydrogen-bond donors (Lipinski definition) is 0. The fraction of sp³-hybridized carbons (Fsp3) is 0.571. The number of carbonyl (C=O) groups excluding carboxylic acids is 1. The van der Waals surface area contributed by atoms with Crippen LogP contribution in [0.2, 0.25) is 0 Å². The average molecular weight is 232 g/mol. The highest BCUT2D eigenvalue weighted by molar-refractivity contribution is 5.78. The summed E-state index contributed by atoms with van der Waals surface area (Å²) in [7, 11) is 1.94. The van der Waals surface area contributed by atoms with Crippen LogP contribution in [0.25, 0.3) is 0 Å². The Balaban J connectivity index is 2.49. The first-order valence-electron chi connectivity index (χ1n) is 5.96. The molecule has 1 heterocycles. The van der Waals surface area contributed by atoms with Crippen LogP contribution < -0.4 is 0 Å². The summed E-state index contributed by atoms with van der Waals surface area (Å²) in [4.78, 5) is 11.6. The second-order valence-electron chi connectivity index (χ2n) is 4.24. The van der Waals surface area contributed by atoms with E-state index in [2.05, 4.69) is 16.9 Å². The first kappa shape index (κ1) is 13.5. The van der Waals surface area contributed by atoms with Gasteiger partial charge in [-0.15, -0.1) is 11.8 Å². The van der Waals surface area contributed by atoms with Crippen LogP contribution in [0.5, 0.6) is 0 Å². The molecule has 0 saturated carbocycles. The highest BCUT2D eigenvalue weighted by atomic mass is 16.1. The number of carbonyl (C=O) groups is 1. The largest absolute Gasteiger partial charge is 0.300 e. The van der Waals surface area contributed by atoms with E-state index in [1.807, 2.05) is 25.6 Å². The predicted octanol–water partition coefficient (Wildman–Crippen LogP) is 2.34. The van der Waals surface area contributed by atoms with Crippen molar-refractivity contribution in [3.8, 4) is 11.8 Å². The molecule has 0 aliphatic carbocycles. The van der Waals surface area contributed by atoms with Gasteiger partial charge in [-0.05, 0) is 32.8 Å². The molecule has 1 rings (SSSR count).